The standard InChI is InChI=1S/C27H41BrF3N3O3SSi/c1-10-39(11-2,12-3)17-13-20(28)33-23(22(17)29)26(9)19-15-27(30,31)16-32-38(19,36)25(7,8)18(34-26)14-21(35)37-24(4,5)6/h13,19H,10-12,14-16H2,1-9H3/t19-,26+,38-/m1/s1. The number of carbonyl (C=O) groups is 1. The number of rotatable bonds is 7. The number of halogens is 4. The van der Waals surface area contributed by atoms with Crippen LogP contribution >= 0.6 is 15.9 Å². The van der Waals surface area contributed by atoms with Crippen LogP contribution in [0.2, 0.25) is 18.1 Å². The van der Waals surface area contributed by atoms with Crippen molar-refractivity contribution in [1.82, 2.24) is 4.98 Å². The van der Waals surface area contributed by atoms with Gasteiger partial charge in [0.15, 0.2) is 0 Å². The van der Waals surface area contributed by atoms with Crippen molar-refractivity contribution in [2.24, 2.45) is 9.36 Å². The SMILES string of the molecule is CC[Si](CC)(CC)c1cc(Br)nc([C@@]2(C)N=C(CC(=O)OC(C)(C)C)C(C)(C)[S@@]3(=O)=NCC(F)(F)C[C@H]23)c1F. The summed E-state index contributed by atoms with van der Waals surface area (Å²) in [6.45, 7) is 15.1. The molecule has 220 valence electrons. The molecule has 3 heterocycles. The van der Waals surface area contributed by atoms with Gasteiger partial charge in [-0.25, -0.2) is 26.7 Å². The van der Waals surface area contributed by atoms with E-state index in [9.17, 15) is 17.8 Å². The molecule has 0 N–H and O–H groups in total. The van der Waals surface area contributed by atoms with E-state index in [2.05, 4.69) is 25.3 Å². The number of hydrogen-bond donors (Lipinski definition) is 0. The van der Waals surface area contributed by atoms with Crippen LogP contribution in [-0.4, -0.2) is 57.0 Å². The van der Waals surface area contributed by atoms with Gasteiger partial charge in [0.2, 0.25) is 0 Å². The second-order valence-electron chi connectivity index (χ2n) is 12.4. The molecule has 0 bridgehead atoms. The van der Waals surface area contributed by atoms with Gasteiger partial charge in [-0.2, -0.15) is 0 Å². The van der Waals surface area contributed by atoms with Gasteiger partial charge >= 0.3 is 5.97 Å². The van der Waals surface area contributed by atoms with Crippen LogP contribution in [0.5, 0.6) is 0 Å². The Morgan fingerprint density at radius 2 is 1.74 bits per heavy atom. The number of esters is 1. The van der Waals surface area contributed by atoms with Crippen molar-refractivity contribution in [3.8, 4) is 0 Å². The third kappa shape index (κ3) is 5.63. The van der Waals surface area contributed by atoms with Gasteiger partial charge < -0.3 is 4.74 Å². The zero-order chi connectivity index (χ0) is 29.8. The molecular formula is C27H41BrF3N3O3SSi. The monoisotopic (exact) mass is 651 g/mol. The van der Waals surface area contributed by atoms with Crippen molar-refractivity contribution in [3.63, 3.8) is 0 Å². The maximum Gasteiger partial charge on any atom is 0.312 e. The van der Waals surface area contributed by atoms with Crippen LogP contribution in [0.1, 0.15) is 80.8 Å². The Bertz CT molecular complexity index is 1290. The van der Waals surface area contributed by atoms with Crippen LogP contribution in [0.25, 0.3) is 0 Å². The molecule has 1 aromatic heterocycles. The second kappa shape index (κ2) is 10.5. The molecule has 0 amide bonds. The minimum Gasteiger partial charge on any atom is -0.460 e. The van der Waals surface area contributed by atoms with Crippen LogP contribution in [0.15, 0.2) is 20.0 Å². The summed E-state index contributed by atoms with van der Waals surface area (Å²) in [5, 5.41) is -0.774. The summed E-state index contributed by atoms with van der Waals surface area (Å²) in [6, 6.07) is 4.06. The van der Waals surface area contributed by atoms with E-state index in [1.54, 1.807) is 40.7 Å². The first-order valence-corrected chi connectivity index (χ1v) is 18.5. The number of aromatic nitrogens is 1. The van der Waals surface area contributed by atoms with Crippen molar-refractivity contribution in [1.29, 1.82) is 0 Å². The van der Waals surface area contributed by atoms with Crippen molar-refractivity contribution < 1.29 is 26.9 Å². The van der Waals surface area contributed by atoms with E-state index < -0.39 is 69.6 Å². The lowest BCUT2D eigenvalue weighted by molar-refractivity contribution is -0.153. The molecule has 1 aromatic rings. The molecule has 0 spiro atoms. The van der Waals surface area contributed by atoms with E-state index >= 15 is 4.39 Å². The number of ether oxygens (including phenoxy) is 1. The molecule has 12 heteroatoms. The fraction of sp³-hybridized carbons (Fsp3) is 0.741. The first-order valence-electron chi connectivity index (χ1n) is 13.5. The number of carbonyl (C=O) groups excluding carboxylic acids is 1. The summed E-state index contributed by atoms with van der Waals surface area (Å²) in [5.41, 5.74) is -2.48. The third-order valence-electron chi connectivity index (χ3n) is 8.52. The molecule has 2 aliphatic rings. The third-order valence-corrected chi connectivity index (χ3v) is 18.1. The topological polar surface area (TPSA) is 81.0 Å². The highest BCUT2D eigenvalue weighted by atomic mass is 79.9. The number of aliphatic imine (C=N–C) groups is 1. The van der Waals surface area contributed by atoms with Gasteiger partial charge in [-0.1, -0.05) is 38.9 Å². The van der Waals surface area contributed by atoms with Gasteiger partial charge in [0.1, 0.15) is 33.8 Å². The summed E-state index contributed by atoms with van der Waals surface area (Å²) >= 11 is 3.43. The second-order valence-corrected chi connectivity index (χ2v) is 21.4. The molecule has 0 saturated carbocycles. The Kier molecular flexibility index (Phi) is 8.70. The Hall–Kier alpha value is -1.27. The maximum absolute atomic E-state index is 16.7. The molecular weight excluding hydrogens is 611 g/mol. The molecule has 3 rings (SSSR count). The highest BCUT2D eigenvalue weighted by Gasteiger charge is 2.61. The Morgan fingerprint density at radius 3 is 2.26 bits per heavy atom. The molecule has 0 unspecified atom stereocenters. The van der Waals surface area contributed by atoms with Crippen LogP contribution in [-0.2, 0) is 24.8 Å². The van der Waals surface area contributed by atoms with Gasteiger partial charge in [-0.15, -0.1) is 0 Å². The number of fused-ring (bicyclic) bond motifs is 1. The molecule has 0 aromatic carbocycles. The molecule has 3 atom stereocenters. The molecule has 0 fully saturated rings. The highest BCUT2D eigenvalue weighted by Crippen LogP contribution is 2.50. The van der Waals surface area contributed by atoms with E-state index in [-0.39, 0.29) is 17.8 Å². The van der Waals surface area contributed by atoms with E-state index in [1.807, 2.05) is 20.8 Å². The largest absolute Gasteiger partial charge is 0.460 e. The van der Waals surface area contributed by atoms with Crippen molar-refractivity contribution in [3.05, 3.63) is 22.2 Å². The van der Waals surface area contributed by atoms with Crippen molar-refractivity contribution in [2.45, 2.75) is 120 Å². The minimum absolute atomic E-state index is 0.137. The van der Waals surface area contributed by atoms with Crippen LogP contribution in [0.3, 0.4) is 0 Å². The van der Waals surface area contributed by atoms with E-state index in [0.717, 1.165) is 18.1 Å². The number of pyridine rings is 1. The minimum atomic E-state index is -3.47. The van der Waals surface area contributed by atoms with E-state index in [4.69, 9.17) is 9.73 Å². The van der Waals surface area contributed by atoms with Gasteiger partial charge in [-0.05, 0) is 68.7 Å². The summed E-state index contributed by atoms with van der Waals surface area (Å²) in [5.74, 6) is -4.42. The van der Waals surface area contributed by atoms with Crippen LogP contribution < -0.4 is 5.19 Å². The maximum atomic E-state index is 16.7. The fourth-order valence-corrected chi connectivity index (χ4v) is 13.5. The molecule has 0 saturated heterocycles. The average Bonchev–Trinajstić information content (AvgIpc) is 2.81. The lowest BCUT2D eigenvalue weighted by Crippen LogP contribution is -2.61. The van der Waals surface area contributed by atoms with Gasteiger partial charge in [0.05, 0.1) is 34.2 Å². The smallest absolute Gasteiger partial charge is 0.312 e. The average molecular weight is 653 g/mol. The summed E-state index contributed by atoms with van der Waals surface area (Å²) in [4.78, 5) is 22.2. The zero-order valence-electron chi connectivity index (χ0n) is 24.4. The number of nitrogens with zero attached hydrogens (tertiary/aromatic N) is 3. The predicted octanol–water partition coefficient (Wildman–Crippen LogP) is 6.75. The van der Waals surface area contributed by atoms with E-state index in [1.165, 1.54) is 6.92 Å². The van der Waals surface area contributed by atoms with Gasteiger partial charge in [0, 0.05) is 12.1 Å². The van der Waals surface area contributed by atoms with Crippen LogP contribution in [0.4, 0.5) is 13.2 Å². The normalized spacial score (nSPS) is 28.2. The predicted molar refractivity (Wildman–Crippen MR) is 157 cm³/mol. The lowest BCUT2D eigenvalue weighted by Gasteiger charge is -2.50. The highest BCUT2D eigenvalue weighted by molar-refractivity contribution is 9.10. The van der Waals surface area contributed by atoms with Crippen molar-refractivity contribution in [2.75, 3.05) is 6.54 Å². The molecule has 6 nitrogen and oxygen atoms in total. The Morgan fingerprint density at radius 1 is 1.18 bits per heavy atom. The molecule has 39 heavy (non-hydrogen) atoms. The fourth-order valence-electron chi connectivity index (χ4n) is 5.92. The summed E-state index contributed by atoms with van der Waals surface area (Å²) in [7, 11) is -5.77. The summed E-state index contributed by atoms with van der Waals surface area (Å²) < 4.78 is 69.9. The first kappa shape index (κ1) is 32.2. The molecule has 0 aliphatic carbocycles. The number of alkyl halides is 2. The van der Waals surface area contributed by atoms with Gasteiger partial charge in [-0.3, -0.25) is 9.79 Å². The molecule has 0 radical (unpaired) electrons. The Labute approximate surface area is 240 Å². The molecule has 2 aliphatic heterocycles. The first-order chi connectivity index (χ1) is 17.7. The Balaban J connectivity index is 2.38. The zero-order valence-corrected chi connectivity index (χ0v) is 27.8. The van der Waals surface area contributed by atoms with E-state index in [0.29, 0.717) is 9.79 Å². The van der Waals surface area contributed by atoms with Crippen molar-refractivity contribution >= 4 is 50.6 Å². The summed E-state index contributed by atoms with van der Waals surface area (Å²) in [6.07, 6.45) is -1.10. The quantitative estimate of drug-likeness (QED) is 0.185. The van der Waals surface area contributed by atoms with Crippen LogP contribution in [0, 0.1) is 5.82 Å². The number of hydrogen-bond acceptors (Lipinski definition) is 6. The lowest BCUT2D eigenvalue weighted by atomic mass is 9.87. The van der Waals surface area contributed by atoms with Gasteiger partial charge in [0.25, 0.3) is 5.92 Å².